The van der Waals surface area contributed by atoms with Crippen LogP contribution in [-0.4, -0.2) is 64.7 Å². The Kier molecular flexibility index (Phi) is 6.49. The molecule has 2 aromatic carbocycles. The zero-order valence-electron chi connectivity index (χ0n) is 18.0. The van der Waals surface area contributed by atoms with Crippen molar-refractivity contribution in [3.63, 3.8) is 0 Å². The van der Waals surface area contributed by atoms with Crippen LogP contribution in [0.15, 0.2) is 59.8 Å². The van der Waals surface area contributed by atoms with Gasteiger partial charge in [0.25, 0.3) is 5.91 Å². The molecule has 0 fully saturated rings. The number of hydrogen-bond donors (Lipinski definition) is 3. The standard InChI is InChI=1S/C24H20ClN3O6/c1-34-24(33)18-12-28(7-8-29)22(30)21(18)26-15-4-2-3-13(9-15)20-11-17(23(31)32)16-10-14(25)5-6-19(16)27-20/h2-6,9-11,26,29H,7-8,12H2,1H3,(H,31,32). The molecule has 0 unspecified atom stereocenters. The molecule has 1 amide bonds. The van der Waals surface area contributed by atoms with E-state index in [0.717, 1.165) is 0 Å². The maximum absolute atomic E-state index is 12.8. The Hall–Kier alpha value is -3.95. The van der Waals surface area contributed by atoms with E-state index in [-0.39, 0.29) is 36.5 Å². The smallest absolute Gasteiger partial charge is 0.337 e. The molecule has 0 radical (unpaired) electrons. The third-order valence-electron chi connectivity index (χ3n) is 5.38. The number of β-amino-alcohol motifs (C(OH)–C–C–N with tert-alkyl or cyclic N) is 1. The van der Waals surface area contributed by atoms with Crippen LogP contribution in [0.4, 0.5) is 5.69 Å². The number of ether oxygens (including phenoxy) is 1. The number of aromatic nitrogens is 1. The monoisotopic (exact) mass is 481 g/mol. The summed E-state index contributed by atoms with van der Waals surface area (Å²) in [5, 5.41) is 22.7. The average molecular weight is 482 g/mol. The molecule has 2 heterocycles. The van der Waals surface area contributed by atoms with Gasteiger partial charge in [0.1, 0.15) is 5.70 Å². The Morgan fingerprint density at radius 1 is 1.21 bits per heavy atom. The van der Waals surface area contributed by atoms with E-state index in [1.807, 2.05) is 0 Å². The predicted octanol–water partition coefficient (Wildman–Crippen LogP) is 2.93. The van der Waals surface area contributed by atoms with Crippen LogP contribution in [0.1, 0.15) is 10.4 Å². The lowest BCUT2D eigenvalue weighted by Crippen LogP contribution is -2.31. The Morgan fingerprint density at radius 3 is 2.71 bits per heavy atom. The summed E-state index contributed by atoms with van der Waals surface area (Å²) in [6.45, 7) is -0.147. The van der Waals surface area contributed by atoms with E-state index < -0.39 is 17.8 Å². The maximum Gasteiger partial charge on any atom is 0.337 e. The van der Waals surface area contributed by atoms with Gasteiger partial charge in [-0.1, -0.05) is 23.7 Å². The Labute approximate surface area is 199 Å². The van der Waals surface area contributed by atoms with Gasteiger partial charge in [0, 0.05) is 28.2 Å². The minimum Gasteiger partial charge on any atom is -0.478 e. The Morgan fingerprint density at radius 2 is 2.00 bits per heavy atom. The van der Waals surface area contributed by atoms with Gasteiger partial charge in [0.05, 0.1) is 42.6 Å². The molecule has 0 bridgehead atoms. The van der Waals surface area contributed by atoms with Crippen LogP contribution in [0.25, 0.3) is 22.2 Å². The zero-order chi connectivity index (χ0) is 24.4. The summed E-state index contributed by atoms with van der Waals surface area (Å²) in [5.74, 6) is -2.19. The number of carboxylic acid groups (broad SMARTS) is 1. The first-order valence-corrected chi connectivity index (χ1v) is 10.6. The van der Waals surface area contributed by atoms with Crippen LogP contribution in [0.5, 0.6) is 0 Å². The van der Waals surface area contributed by atoms with Crippen LogP contribution < -0.4 is 5.32 Å². The van der Waals surface area contributed by atoms with Gasteiger partial charge in [-0.15, -0.1) is 0 Å². The van der Waals surface area contributed by atoms with E-state index in [9.17, 15) is 24.6 Å². The number of halogens is 1. The van der Waals surface area contributed by atoms with Gasteiger partial charge >= 0.3 is 11.9 Å². The number of carbonyl (C=O) groups excluding carboxylic acids is 2. The number of hydrogen-bond acceptors (Lipinski definition) is 7. The molecule has 9 nitrogen and oxygen atoms in total. The molecule has 0 atom stereocenters. The Bertz CT molecular complexity index is 1350. The Balaban J connectivity index is 1.73. The number of aliphatic hydroxyl groups is 1. The van der Waals surface area contributed by atoms with Gasteiger partial charge in [-0.25, -0.2) is 14.6 Å². The average Bonchev–Trinajstić information content (AvgIpc) is 3.13. The number of anilines is 1. The molecule has 1 aromatic heterocycles. The van der Waals surface area contributed by atoms with Crippen molar-refractivity contribution in [2.24, 2.45) is 0 Å². The third-order valence-corrected chi connectivity index (χ3v) is 5.62. The van der Waals surface area contributed by atoms with E-state index in [1.54, 1.807) is 42.5 Å². The summed E-state index contributed by atoms with van der Waals surface area (Å²) in [7, 11) is 1.23. The number of carbonyl (C=O) groups is 3. The molecule has 1 aliphatic rings. The number of nitrogens with one attached hydrogen (secondary N) is 1. The fourth-order valence-corrected chi connectivity index (χ4v) is 3.94. The van der Waals surface area contributed by atoms with E-state index in [4.69, 9.17) is 16.3 Å². The predicted molar refractivity (Wildman–Crippen MR) is 125 cm³/mol. The number of pyridine rings is 1. The number of nitrogens with zero attached hydrogens (tertiary/aromatic N) is 2. The molecule has 10 heteroatoms. The first-order valence-electron chi connectivity index (χ1n) is 10.2. The molecule has 174 valence electrons. The summed E-state index contributed by atoms with van der Waals surface area (Å²) < 4.78 is 4.80. The fraction of sp³-hybridized carbons (Fsp3) is 0.167. The molecule has 0 spiro atoms. The van der Waals surface area contributed by atoms with Crippen molar-refractivity contribution >= 4 is 46.0 Å². The van der Waals surface area contributed by atoms with Crippen molar-refractivity contribution in [3.8, 4) is 11.3 Å². The first-order chi connectivity index (χ1) is 16.3. The van der Waals surface area contributed by atoms with Crippen molar-refractivity contribution in [3.05, 3.63) is 70.4 Å². The maximum atomic E-state index is 12.8. The molecule has 34 heavy (non-hydrogen) atoms. The van der Waals surface area contributed by atoms with Gasteiger partial charge in [-0.2, -0.15) is 0 Å². The van der Waals surface area contributed by atoms with Crippen LogP contribution in [0.2, 0.25) is 5.02 Å². The van der Waals surface area contributed by atoms with E-state index in [2.05, 4.69) is 10.3 Å². The number of fused-ring (bicyclic) bond motifs is 1. The molecule has 0 saturated heterocycles. The molecule has 1 aliphatic heterocycles. The highest BCUT2D eigenvalue weighted by Crippen LogP contribution is 2.30. The van der Waals surface area contributed by atoms with Crippen molar-refractivity contribution in [2.75, 3.05) is 32.1 Å². The van der Waals surface area contributed by atoms with Gasteiger partial charge in [-0.3, -0.25) is 4.79 Å². The van der Waals surface area contributed by atoms with Crippen molar-refractivity contribution < 1.29 is 29.3 Å². The van der Waals surface area contributed by atoms with Gasteiger partial charge < -0.3 is 25.2 Å². The third kappa shape index (κ3) is 4.43. The second-order valence-corrected chi connectivity index (χ2v) is 7.96. The van der Waals surface area contributed by atoms with Crippen LogP contribution in [-0.2, 0) is 14.3 Å². The lowest BCUT2D eigenvalue weighted by Gasteiger charge is -2.15. The van der Waals surface area contributed by atoms with E-state index in [0.29, 0.717) is 32.9 Å². The highest BCUT2D eigenvalue weighted by molar-refractivity contribution is 6.31. The topological polar surface area (TPSA) is 129 Å². The van der Waals surface area contributed by atoms with Crippen LogP contribution >= 0.6 is 11.6 Å². The number of amides is 1. The van der Waals surface area contributed by atoms with Crippen molar-refractivity contribution in [1.82, 2.24) is 9.88 Å². The molecule has 4 rings (SSSR count). The summed E-state index contributed by atoms with van der Waals surface area (Å²) in [4.78, 5) is 42.8. The molecule has 3 aromatic rings. The lowest BCUT2D eigenvalue weighted by atomic mass is 10.0. The number of rotatable bonds is 7. The molecular formula is C24H20ClN3O6. The second kappa shape index (κ2) is 9.50. The van der Waals surface area contributed by atoms with Crippen molar-refractivity contribution in [1.29, 1.82) is 0 Å². The highest BCUT2D eigenvalue weighted by Gasteiger charge is 2.34. The lowest BCUT2D eigenvalue weighted by molar-refractivity contribution is -0.136. The summed E-state index contributed by atoms with van der Waals surface area (Å²) in [6, 6.07) is 13.2. The first kappa shape index (κ1) is 23.2. The summed E-state index contributed by atoms with van der Waals surface area (Å²) in [6.07, 6.45) is 0. The van der Waals surface area contributed by atoms with Gasteiger partial charge in [0.2, 0.25) is 0 Å². The van der Waals surface area contributed by atoms with Gasteiger partial charge in [0.15, 0.2) is 0 Å². The van der Waals surface area contributed by atoms with Crippen LogP contribution in [0.3, 0.4) is 0 Å². The van der Waals surface area contributed by atoms with Gasteiger partial charge in [-0.05, 0) is 36.4 Å². The second-order valence-electron chi connectivity index (χ2n) is 7.52. The van der Waals surface area contributed by atoms with Crippen molar-refractivity contribution in [2.45, 2.75) is 0 Å². The molecule has 3 N–H and O–H groups in total. The number of aromatic carboxylic acids is 1. The van der Waals surface area contributed by atoms with E-state index in [1.165, 1.54) is 18.1 Å². The minimum atomic E-state index is -1.11. The molecule has 0 saturated carbocycles. The summed E-state index contributed by atoms with van der Waals surface area (Å²) >= 11 is 6.03. The highest BCUT2D eigenvalue weighted by atomic mass is 35.5. The number of esters is 1. The molecular weight excluding hydrogens is 462 g/mol. The van der Waals surface area contributed by atoms with E-state index >= 15 is 0 Å². The normalized spacial score (nSPS) is 13.5. The number of carboxylic acids is 1. The van der Waals surface area contributed by atoms with Crippen LogP contribution in [0, 0.1) is 0 Å². The SMILES string of the molecule is COC(=O)C1=C(Nc2cccc(-c3cc(C(=O)O)c4cc(Cl)ccc4n3)c2)C(=O)N(CCO)C1. The number of benzene rings is 2. The molecule has 0 aliphatic carbocycles. The number of aliphatic hydroxyl groups excluding tert-OH is 1. The number of methoxy groups -OCH3 is 1. The largest absolute Gasteiger partial charge is 0.478 e. The summed E-state index contributed by atoms with van der Waals surface area (Å²) in [5.41, 5.74) is 2.24. The zero-order valence-corrected chi connectivity index (χ0v) is 18.8. The fourth-order valence-electron chi connectivity index (χ4n) is 3.77. The minimum absolute atomic E-state index is 0.0187. The quantitative estimate of drug-likeness (QED) is 0.439.